The van der Waals surface area contributed by atoms with E-state index in [4.69, 9.17) is 0 Å². The Hall–Kier alpha value is -0.870. The fraction of sp³-hybridized carbons (Fsp3) is 0.824. The lowest BCUT2D eigenvalue weighted by Crippen LogP contribution is -2.60. The first-order valence-electron chi connectivity index (χ1n) is 8.23. The minimum atomic E-state index is 0.263. The molecule has 0 aliphatic heterocycles. The predicted octanol–water partition coefficient (Wildman–Crippen LogP) is 2.37. The summed E-state index contributed by atoms with van der Waals surface area (Å²) in [6.07, 6.45) is 6.27. The average Bonchev–Trinajstić information content (AvgIpc) is 2.75. The largest absolute Gasteiger partial charge is 0.315 e. The van der Waals surface area contributed by atoms with E-state index in [2.05, 4.69) is 63.4 Å². The van der Waals surface area contributed by atoms with Crippen molar-refractivity contribution in [2.75, 3.05) is 21.1 Å². The molecule has 21 heavy (non-hydrogen) atoms. The lowest BCUT2D eigenvalue weighted by Gasteiger charge is -2.49. The highest BCUT2D eigenvalue weighted by Gasteiger charge is 2.42. The number of aryl methyl sites for hydroxylation is 2. The van der Waals surface area contributed by atoms with Crippen LogP contribution in [0.4, 0.5) is 0 Å². The van der Waals surface area contributed by atoms with Gasteiger partial charge in [0, 0.05) is 30.7 Å². The van der Waals surface area contributed by atoms with Crippen LogP contribution in [-0.4, -0.2) is 47.4 Å². The zero-order valence-electron chi connectivity index (χ0n) is 14.6. The summed E-state index contributed by atoms with van der Waals surface area (Å²) in [5.41, 5.74) is 2.70. The van der Waals surface area contributed by atoms with Crippen LogP contribution in [0.2, 0.25) is 0 Å². The summed E-state index contributed by atoms with van der Waals surface area (Å²) in [6.45, 7) is 4.46. The molecule has 0 spiro atoms. The molecule has 2 rings (SSSR count). The topological polar surface area (TPSA) is 33.1 Å². The molecule has 4 heteroatoms. The van der Waals surface area contributed by atoms with Crippen molar-refractivity contribution in [1.29, 1.82) is 0 Å². The highest BCUT2D eigenvalue weighted by molar-refractivity contribution is 5.13. The molecule has 120 valence electrons. The third-order valence-electron chi connectivity index (χ3n) is 5.54. The number of nitrogens with one attached hydrogen (secondary N) is 1. The van der Waals surface area contributed by atoms with Gasteiger partial charge in [0.15, 0.2) is 0 Å². The zero-order chi connectivity index (χ0) is 15.6. The molecule has 1 N–H and O–H groups in total. The molecular weight excluding hydrogens is 260 g/mol. The Bertz CT molecular complexity index is 455. The molecule has 0 saturated heterocycles. The van der Waals surface area contributed by atoms with Gasteiger partial charge in [-0.2, -0.15) is 5.10 Å². The number of hydrogen-bond acceptors (Lipinski definition) is 3. The van der Waals surface area contributed by atoms with Crippen molar-refractivity contribution in [2.45, 2.75) is 57.5 Å². The number of nitrogens with zero attached hydrogens (tertiary/aromatic N) is 3. The summed E-state index contributed by atoms with van der Waals surface area (Å²) < 4.78 is 2.04. The minimum Gasteiger partial charge on any atom is -0.315 e. The molecule has 0 amide bonds. The fourth-order valence-electron chi connectivity index (χ4n) is 3.99. The van der Waals surface area contributed by atoms with Gasteiger partial charge in [-0.3, -0.25) is 4.68 Å². The fourth-order valence-corrected chi connectivity index (χ4v) is 3.99. The summed E-state index contributed by atoms with van der Waals surface area (Å²) in [4.78, 5) is 2.46. The van der Waals surface area contributed by atoms with Crippen molar-refractivity contribution >= 4 is 0 Å². The minimum absolute atomic E-state index is 0.263. The van der Waals surface area contributed by atoms with Gasteiger partial charge in [0.05, 0.1) is 5.69 Å². The molecule has 1 aliphatic rings. The lowest BCUT2D eigenvalue weighted by molar-refractivity contribution is 0.0455. The van der Waals surface area contributed by atoms with Gasteiger partial charge in [-0.25, -0.2) is 0 Å². The van der Waals surface area contributed by atoms with Gasteiger partial charge in [-0.1, -0.05) is 6.92 Å². The van der Waals surface area contributed by atoms with Gasteiger partial charge in [0.1, 0.15) is 0 Å². The van der Waals surface area contributed by atoms with Crippen molar-refractivity contribution in [3.05, 3.63) is 17.5 Å². The third kappa shape index (κ3) is 3.32. The van der Waals surface area contributed by atoms with E-state index in [1.54, 1.807) is 0 Å². The molecule has 0 aromatic carbocycles. The Morgan fingerprint density at radius 1 is 1.43 bits per heavy atom. The van der Waals surface area contributed by atoms with Gasteiger partial charge in [-0.15, -0.1) is 0 Å². The second kappa shape index (κ2) is 6.49. The van der Waals surface area contributed by atoms with E-state index in [0.29, 0.717) is 6.04 Å². The SMILES string of the molecule is CNC(Cc1cc(C)nn1C)C1(N(C)C)CCC(C)CC1. The molecule has 1 heterocycles. The predicted molar refractivity (Wildman–Crippen MR) is 88.5 cm³/mol. The third-order valence-corrected chi connectivity index (χ3v) is 5.54. The van der Waals surface area contributed by atoms with Crippen LogP contribution in [-0.2, 0) is 13.5 Å². The Labute approximate surface area is 129 Å². The second-order valence-electron chi connectivity index (χ2n) is 7.13. The molecule has 1 atom stereocenters. The van der Waals surface area contributed by atoms with Crippen LogP contribution in [0.1, 0.15) is 44.0 Å². The average molecular weight is 292 g/mol. The van der Waals surface area contributed by atoms with Gasteiger partial charge in [0.2, 0.25) is 0 Å². The normalized spacial score (nSPS) is 28.0. The highest BCUT2D eigenvalue weighted by atomic mass is 15.3. The number of likely N-dealkylation sites (N-methyl/N-ethyl adjacent to an activating group) is 2. The van der Waals surface area contributed by atoms with Crippen LogP contribution in [0, 0.1) is 12.8 Å². The maximum Gasteiger partial charge on any atom is 0.0596 e. The van der Waals surface area contributed by atoms with Crippen LogP contribution >= 0.6 is 0 Å². The molecular formula is C17H32N4. The lowest BCUT2D eigenvalue weighted by atomic mass is 9.71. The van der Waals surface area contributed by atoms with Crippen molar-refractivity contribution in [3.8, 4) is 0 Å². The summed E-state index contributed by atoms with van der Waals surface area (Å²) in [5, 5.41) is 8.11. The Morgan fingerprint density at radius 3 is 2.48 bits per heavy atom. The standard InChI is InChI=1S/C17H32N4/c1-13-7-9-17(10-8-13,20(4)5)16(18-3)12-15-11-14(2)19-21(15)6/h11,13,16,18H,7-10,12H2,1-6H3. The molecule has 1 unspecified atom stereocenters. The van der Waals surface area contributed by atoms with E-state index in [0.717, 1.165) is 18.0 Å². The summed E-state index contributed by atoms with van der Waals surface area (Å²) in [5.74, 6) is 0.870. The van der Waals surface area contributed by atoms with E-state index in [9.17, 15) is 0 Å². The summed E-state index contributed by atoms with van der Waals surface area (Å²) in [6, 6.07) is 2.69. The van der Waals surface area contributed by atoms with Crippen LogP contribution in [0.5, 0.6) is 0 Å². The van der Waals surface area contributed by atoms with Gasteiger partial charge < -0.3 is 10.2 Å². The van der Waals surface area contributed by atoms with Crippen LogP contribution in [0.3, 0.4) is 0 Å². The molecule has 1 aliphatic carbocycles. The van der Waals surface area contributed by atoms with Crippen molar-refractivity contribution < 1.29 is 0 Å². The molecule has 0 bridgehead atoms. The molecule has 1 saturated carbocycles. The number of aromatic nitrogens is 2. The van der Waals surface area contributed by atoms with Gasteiger partial charge in [-0.05, 0) is 65.7 Å². The molecule has 4 nitrogen and oxygen atoms in total. The maximum absolute atomic E-state index is 4.50. The van der Waals surface area contributed by atoms with E-state index in [1.807, 2.05) is 4.68 Å². The van der Waals surface area contributed by atoms with E-state index in [1.165, 1.54) is 31.4 Å². The maximum atomic E-state index is 4.50. The zero-order valence-corrected chi connectivity index (χ0v) is 14.6. The van der Waals surface area contributed by atoms with Crippen molar-refractivity contribution in [3.63, 3.8) is 0 Å². The van der Waals surface area contributed by atoms with Crippen LogP contribution in [0.15, 0.2) is 6.07 Å². The van der Waals surface area contributed by atoms with Crippen molar-refractivity contribution in [1.82, 2.24) is 20.0 Å². The van der Waals surface area contributed by atoms with Crippen LogP contribution in [0.25, 0.3) is 0 Å². The van der Waals surface area contributed by atoms with E-state index >= 15 is 0 Å². The van der Waals surface area contributed by atoms with Crippen LogP contribution < -0.4 is 5.32 Å². The first kappa shape index (κ1) is 16.5. The molecule has 0 radical (unpaired) electrons. The van der Waals surface area contributed by atoms with Crippen molar-refractivity contribution in [2.24, 2.45) is 13.0 Å². The van der Waals surface area contributed by atoms with Gasteiger partial charge >= 0.3 is 0 Å². The first-order valence-corrected chi connectivity index (χ1v) is 8.23. The molecule has 1 aromatic rings. The smallest absolute Gasteiger partial charge is 0.0596 e. The van der Waals surface area contributed by atoms with E-state index < -0.39 is 0 Å². The Balaban J connectivity index is 2.22. The summed E-state index contributed by atoms with van der Waals surface area (Å²) in [7, 11) is 8.65. The Morgan fingerprint density at radius 2 is 2.05 bits per heavy atom. The quantitative estimate of drug-likeness (QED) is 0.904. The van der Waals surface area contributed by atoms with Gasteiger partial charge in [0.25, 0.3) is 0 Å². The van der Waals surface area contributed by atoms with E-state index in [-0.39, 0.29) is 5.54 Å². The highest BCUT2D eigenvalue weighted by Crippen LogP contribution is 2.38. The summed E-state index contributed by atoms with van der Waals surface area (Å²) >= 11 is 0. The number of rotatable bonds is 5. The second-order valence-corrected chi connectivity index (χ2v) is 7.13. The molecule has 1 fully saturated rings. The molecule has 1 aromatic heterocycles. The Kier molecular flexibility index (Phi) is 5.10. The number of hydrogen-bond donors (Lipinski definition) is 1. The monoisotopic (exact) mass is 292 g/mol. The first-order chi connectivity index (χ1) is 9.89.